The molecule has 0 aliphatic heterocycles. The highest BCUT2D eigenvalue weighted by Crippen LogP contribution is 2.45. The lowest BCUT2D eigenvalue weighted by atomic mass is 9.82. The summed E-state index contributed by atoms with van der Waals surface area (Å²) in [4.78, 5) is 41.8. The Labute approximate surface area is 320 Å². The van der Waals surface area contributed by atoms with Crippen molar-refractivity contribution in [2.45, 2.75) is 71.7 Å². The Bertz CT molecular complexity index is 2130. The third kappa shape index (κ3) is 8.70. The zero-order chi connectivity index (χ0) is 39.4. The third-order valence-electron chi connectivity index (χ3n) is 10.2. The van der Waals surface area contributed by atoms with E-state index in [1.807, 2.05) is 104 Å². The predicted molar refractivity (Wildman–Crippen MR) is 208 cm³/mol. The van der Waals surface area contributed by atoms with Gasteiger partial charge in [-0.3, -0.25) is 9.59 Å². The van der Waals surface area contributed by atoms with Gasteiger partial charge in [-0.25, -0.2) is 13.6 Å². The predicted octanol–water partition coefficient (Wildman–Crippen LogP) is 8.66. The Morgan fingerprint density at radius 3 is 2.09 bits per heavy atom. The number of nitrogens with zero attached hydrogens (tertiary/aromatic N) is 2. The minimum Gasteiger partial charge on any atom is -0.449 e. The largest absolute Gasteiger partial charge is 0.449 e. The van der Waals surface area contributed by atoms with Gasteiger partial charge in [0, 0.05) is 42.0 Å². The van der Waals surface area contributed by atoms with Gasteiger partial charge in [-0.2, -0.15) is 0 Å². The normalized spacial score (nSPS) is 14.0. The number of Topliss-reactive ketones (excluding diaryl/α,β-unsaturated/α-hetero) is 1. The molecule has 5 aromatic rings. The first kappa shape index (κ1) is 39.1. The Morgan fingerprint density at radius 1 is 0.873 bits per heavy atom. The number of aliphatic hydroxyl groups is 1. The van der Waals surface area contributed by atoms with E-state index in [4.69, 9.17) is 4.74 Å². The molecule has 3 atom stereocenters. The van der Waals surface area contributed by atoms with Crippen molar-refractivity contribution in [3.8, 4) is 22.3 Å². The molecule has 1 heterocycles. The first-order valence-electron chi connectivity index (χ1n) is 18.5. The molecule has 8 nitrogen and oxygen atoms in total. The van der Waals surface area contributed by atoms with Gasteiger partial charge in [-0.05, 0) is 77.8 Å². The molecule has 6 rings (SSSR count). The highest BCUT2D eigenvalue weighted by atomic mass is 19.1. The van der Waals surface area contributed by atoms with E-state index in [1.165, 1.54) is 18.7 Å². The van der Waals surface area contributed by atoms with Gasteiger partial charge in [0.25, 0.3) is 5.91 Å². The molecule has 0 spiro atoms. The molecular weight excluding hydrogens is 701 g/mol. The Hall–Kier alpha value is -5.61. The number of ketones is 1. The number of carbonyl (C=O) groups is 3. The van der Waals surface area contributed by atoms with E-state index < -0.39 is 47.2 Å². The van der Waals surface area contributed by atoms with E-state index in [0.717, 1.165) is 46.0 Å². The van der Waals surface area contributed by atoms with E-state index in [0.29, 0.717) is 17.8 Å². The first-order valence-corrected chi connectivity index (χ1v) is 18.5. The SMILES string of the molecule is CC(=O)[C@H](CCN(C(=O)[C@H](C)O)[C@@H](c1cc(-c2cc(F)ccc2F)cn1Cc1ccccc1)C(C)(C)C)NC(=O)OCC1c2ccccc2-c2ccccc21. The standard InChI is InChI=1S/C45H47F2N3O5/c1-28(51)40(48-44(54)55-27-38-35-17-11-9-15-33(35)34-16-10-12-18-36(34)38)21-22-50(43(53)29(2)52)42(45(3,4)5)41-23-31(37-24-32(46)19-20-39(37)47)26-49(41)25-30-13-7-6-8-14-30/h6-20,23-24,26,29,38,40,42,52H,21-22,25,27H2,1-5H3,(H,48,54)/t29-,40-,42-/m0/s1. The maximum atomic E-state index is 15.2. The van der Waals surface area contributed by atoms with Crippen LogP contribution in [0.3, 0.4) is 0 Å². The molecule has 10 heteroatoms. The van der Waals surface area contributed by atoms with Crippen molar-refractivity contribution in [2.75, 3.05) is 13.2 Å². The van der Waals surface area contributed by atoms with Gasteiger partial charge in [0.2, 0.25) is 0 Å². The number of hydrogen-bond acceptors (Lipinski definition) is 5. The van der Waals surface area contributed by atoms with E-state index >= 15 is 4.39 Å². The summed E-state index contributed by atoms with van der Waals surface area (Å²) in [6.45, 7) is 8.97. The van der Waals surface area contributed by atoms with Crippen LogP contribution in [0.4, 0.5) is 13.6 Å². The van der Waals surface area contributed by atoms with Gasteiger partial charge in [0.05, 0.1) is 12.1 Å². The lowest BCUT2D eigenvalue weighted by molar-refractivity contribution is -0.145. The summed E-state index contributed by atoms with van der Waals surface area (Å²) in [5.41, 5.74) is 5.67. The average Bonchev–Trinajstić information content (AvgIpc) is 3.70. The molecule has 0 radical (unpaired) electrons. The van der Waals surface area contributed by atoms with Crippen molar-refractivity contribution < 1.29 is 33.0 Å². The summed E-state index contributed by atoms with van der Waals surface area (Å²) >= 11 is 0. The van der Waals surface area contributed by atoms with Crippen LogP contribution in [0, 0.1) is 17.0 Å². The van der Waals surface area contributed by atoms with Crippen LogP contribution in [0.25, 0.3) is 22.3 Å². The quantitative estimate of drug-likeness (QED) is 0.126. The molecule has 4 aromatic carbocycles. The van der Waals surface area contributed by atoms with Gasteiger partial charge < -0.3 is 24.6 Å². The van der Waals surface area contributed by atoms with Crippen LogP contribution in [0.15, 0.2) is 109 Å². The number of halogens is 2. The van der Waals surface area contributed by atoms with Crippen LogP contribution in [-0.4, -0.2) is 57.7 Å². The van der Waals surface area contributed by atoms with Crippen LogP contribution < -0.4 is 5.32 Å². The summed E-state index contributed by atoms with van der Waals surface area (Å²) in [5.74, 6) is -2.28. The third-order valence-corrected chi connectivity index (χ3v) is 10.2. The number of benzene rings is 4. The molecule has 286 valence electrons. The van der Waals surface area contributed by atoms with Gasteiger partial charge in [0.15, 0.2) is 5.78 Å². The summed E-state index contributed by atoms with van der Waals surface area (Å²) in [6.07, 6.45) is -0.397. The molecule has 2 N–H and O–H groups in total. The molecule has 0 bridgehead atoms. The van der Waals surface area contributed by atoms with Crippen molar-refractivity contribution in [2.24, 2.45) is 5.41 Å². The molecule has 0 unspecified atom stereocenters. The second-order valence-electron chi connectivity index (χ2n) is 15.3. The Morgan fingerprint density at radius 2 is 1.49 bits per heavy atom. The maximum Gasteiger partial charge on any atom is 0.407 e. The molecule has 0 fully saturated rings. The fraction of sp³-hybridized carbons (Fsp3) is 0.311. The highest BCUT2D eigenvalue weighted by molar-refractivity contribution is 5.86. The monoisotopic (exact) mass is 747 g/mol. The number of hydrogen-bond donors (Lipinski definition) is 2. The Balaban J connectivity index is 1.27. The maximum absolute atomic E-state index is 15.2. The van der Waals surface area contributed by atoms with E-state index in [9.17, 15) is 23.9 Å². The van der Waals surface area contributed by atoms with E-state index in [1.54, 1.807) is 12.3 Å². The summed E-state index contributed by atoms with van der Waals surface area (Å²) in [7, 11) is 0. The summed E-state index contributed by atoms with van der Waals surface area (Å²) < 4.78 is 37.2. The second kappa shape index (κ2) is 16.4. The topological polar surface area (TPSA) is 101 Å². The number of alkyl carbamates (subject to hydrolysis) is 1. The fourth-order valence-electron chi connectivity index (χ4n) is 7.65. The first-order chi connectivity index (χ1) is 26.2. The van der Waals surface area contributed by atoms with Crippen molar-refractivity contribution >= 4 is 17.8 Å². The highest BCUT2D eigenvalue weighted by Gasteiger charge is 2.39. The van der Waals surface area contributed by atoms with Crippen molar-refractivity contribution in [1.29, 1.82) is 0 Å². The van der Waals surface area contributed by atoms with E-state index in [-0.39, 0.29) is 36.8 Å². The molecule has 0 saturated heterocycles. The smallest absolute Gasteiger partial charge is 0.407 e. The Kier molecular flexibility index (Phi) is 11.7. The number of amides is 2. The molecule has 0 saturated carbocycles. The van der Waals surface area contributed by atoms with Crippen LogP contribution in [-0.2, 0) is 20.9 Å². The van der Waals surface area contributed by atoms with Crippen LogP contribution in [0.1, 0.15) is 75.4 Å². The van der Waals surface area contributed by atoms with Crippen molar-refractivity contribution in [3.63, 3.8) is 0 Å². The lowest BCUT2D eigenvalue weighted by Gasteiger charge is -2.42. The van der Waals surface area contributed by atoms with Gasteiger partial charge in [0.1, 0.15) is 24.3 Å². The number of aliphatic hydroxyl groups excluding tert-OH is 1. The molecule has 1 aliphatic rings. The van der Waals surface area contributed by atoms with Crippen LogP contribution in [0.5, 0.6) is 0 Å². The minimum atomic E-state index is -1.40. The van der Waals surface area contributed by atoms with Gasteiger partial charge in [-0.1, -0.05) is 99.6 Å². The zero-order valence-corrected chi connectivity index (χ0v) is 31.8. The molecule has 55 heavy (non-hydrogen) atoms. The van der Waals surface area contributed by atoms with Crippen LogP contribution in [0.2, 0.25) is 0 Å². The molecule has 1 aliphatic carbocycles. The lowest BCUT2D eigenvalue weighted by Crippen LogP contribution is -2.49. The minimum absolute atomic E-state index is 0.0232. The summed E-state index contributed by atoms with van der Waals surface area (Å²) in [5, 5.41) is 13.4. The molecule has 1 aromatic heterocycles. The number of aromatic nitrogens is 1. The van der Waals surface area contributed by atoms with Crippen molar-refractivity contribution in [1.82, 2.24) is 14.8 Å². The fourth-order valence-corrected chi connectivity index (χ4v) is 7.65. The number of fused-ring (bicyclic) bond motifs is 3. The zero-order valence-electron chi connectivity index (χ0n) is 31.8. The van der Waals surface area contributed by atoms with Gasteiger partial charge >= 0.3 is 6.09 Å². The van der Waals surface area contributed by atoms with E-state index in [2.05, 4.69) is 5.32 Å². The second-order valence-corrected chi connectivity index (χ2v) is 15.3. The number of nitrogens with one attached hydrogen (secondary N) is 1. The number of rotatable bonds is 13. The molecular formula is C45H47F2N3O5. The average molecular weight is 748 g/mol. The molecule has 2 amide bonds. The number of carbonyl (C=O) groups excluding carboxylic acids is 3. The van der Waals surface area contributed by atoms with Gasteiger partial charge in [-0.15, -0.1) is 0 Å². The summed E-state index contributed by atoms with van der Waals surface area (Å²) in [6, 6.07) is 28.9. The van der Waals surface area contributed by atoms with Crippen LogP contribution >= 0.6 is 0 Å². The van der Waals surface area contributed by atoms with Crippen molar-refractivity contribution in [3.05, 3.63) is 143 Å². The number of ether oxygens (including phenoxy) is 1.